The highest BCUT2D eigenvalue weighted by Crippen LogP contribution is 2.30. The van der Waals surface area contributed by atoms with E-state index in [-0.39, 0.29) is 11.8 Å². The second-order valence-corrected chi connectivity index (χ2v) is 8.69. The Bertz CT molecular complexity index is 1080. The Hall–Kier alpha value is -3.03. The number of carbonyl (C=O) groups is 2. The smallest absolute Gasteiger partial charge is 0.264 e. The average Bonchev–Trinajstić information content (AvgIpc) is 3.35. The molecule has 1 saturated heterocycles. The second-order valence-electron chi connectivity index (χ2n) is 7.33. The molecular weight excluding hydrogens is 446 g/mol. The lowest BCUT2D eigenvalue weighted by atomic mass is 10.2. The van der Waals surface area contributed by atoms with Crippen molar-refractivity contribution in [2.75, 3.05) is 43.0 Å². The van der Waals surface area contributed by atoms with Gasteiger partial charge in [-0.15, -0.1) is 11.3 Å². The van der Waals surface area contributed by atoms with Crippen molar-refractivity contribution in [3.05, 3.63) is 75.4 Å². The normalized spacial score (nSPS) is 13.7. The molecule has 3 aromatic rings. The maximum absolute atomic E-state index is 12.5. The Morgan fingerprint density at radius 2 is 1.81 bits per heavy atom. The summed E-state index contributed by atoms with van der Waals surface area (Å²) in [6, 6.07) is 16.3. The molecule has 2 heterocycles. The summed E-state index contributed by atoms with van der Waals surface area (Å²) in [5, 5.41) is 5.36. The van der Waals surface area contributed by atoms with Gasteiger partial charge in [0.05, 0.1) is 22.2 Å². The lowest BCUT2D eigenvalue weighted by molar-refractivity contribution is 0.0751. The molecule has 0 saturated carbocycles. The molecule has 8 heteroatoms. The van der Waals surface area contributed by atoms with Gasteiger partial charge in [-0.3, -0.25) is 9.59 Å². The fourth-order valence-corrected chi connectivity index (χ4v) is 4.61. The largest absolute Gasteiger partial charge is 0.494 e. The summed E-state index contributed by atoms with van der Waals surface area (Å²) in [7, 11) is 0. The van der Waals surface area contributed by atoms with Gasteiger partial charge < -0.3 is 19.9 Å². The summed E-state index contributed by atoms with van der Waals surface area (Å²) >= 11 is 8.00. The van der Waals surface area contributed by atoms with Crippen LogP contribution in [-0.2, 0) is 0 Å². The van der Waals surface area contributed by atoms with Gasteiger partial charge in [-0.25, -0.2) is 0 Å². The van der Waals surface area contributed by atoms with Gasteiger partial charge in [0.15, 0.2) is 0 Å². The van der Waals surface area contributed by atoms with Gasteiger partial charge in [-0.2, -0.15) is 0 Å². The first kappa shape index (κ1) is 22.2. The Morgan fingerprint density at radius 1 is 1.06 bits per heavy atom. The number of halogens is 1. The third-order valence-electron chi connectivity index (χ3n) is 5.27. The number of anilines is 2. The molecule has 2 amide bonds. The number of carbonyl (C=O) groups excluding carboxylic acids is 2. The van der Waals surface area contributed by atoms with Crippen LogP contribution in [0.15, 0.2) is 60.0 Å². The van der Waals surface area contributed by atoms with Gasteiger partial charge in [-0.05, 0) is 60.8 Å². The number of ether oxygens (including phenoxy) is 1. The molecule has 32 heavy (non-hydrogen) atoms. The van der Waals surface area contributed by atoms with E-state index in [1.165, 1.54) is 11.3 Å². The Labute approximate surface area is 196 Å². The maximum Gasteiger partial charge on any atom is 0.264 e. The highest BCUT2D eigenvalue weighted by atomic mass is 35.5. The lowest BCUT2D eigenvalue weighted by Gasteiger charge is -2.36. The highest BCUT2D eigenvalue weighted by Gasteiger charge is 2.24. The summed E-state index contributed by atoms with van der Waals surface area (Å²) < 4.78 is 5.41. The predicted molar refractivity (Wildman–Crippen MR) is 129 cm³/mol. The van der Waals surface area contributed by atoms with Crippen LogP contribution >= 0.6 is 22.9 Å². The molecule has 6 nitrogen and oxygen atoms in total. The number of rotatable bonds is 6. The number of thiophene rings is 1. The molecule has 1 N–H and O–H groups in total. The van der Waals surface area contributed by atoms with Crippen molar-refractivity contribution in [3.8, 4) is 5.75 Å². The zero-order chi connectivity index (χ0) is 22.5. The van der Waals surface area contributed by atoms with Crippen LogP contribution in [0.2, 0.25) is 5.02 Å². The first-order valence-electron chi connectivity index (χ1n) is 10.5. The van der Waals surface area contributed by atoms with Gasteiger partial charge in [0.1, 0.15) is 5.75 Å². The molecule has 1 fully saturated rings. The van der Waals surface area contributed by atoms with Crippen molar-refractivity contribution < 1.29 is 14.3 Å². The summed E-state index contributed by atoms with van der Waals surface area (Å²) in [5.41, 5.74) is 2.07. The Kier molecular flexibility index (Phi) is 6.97. The molecule has 2 aromatic carbocycles. The fraction of sp³-hybridized carbons (Fsp3) is 0.250. The molecular formula is C24H24ClN3O3S. The topological polar surface area (TPSA) is 61.9 Å². The van der Waals surface area contributed by atoms with E-state index >= 15 is 0 Å². The molecule has 1 aliphatic rings. The van der Waals surface area contributed by atoms with E-state index in [4.69, 9.17) is 16.3 Å². The van der Waals surface area contributed by atoms with Crippen LogP contribution in [0.3, 0.4) is 0 Å². The Morgan fingerprint density at radius 3 is 2.44 bits per heavy atom. The van der Waals surface area contributed by atoms with E-state index in [2.05, 4.69) is 10.2 Å². The maximum atomic E-state index is 12.5. The number of hydrogen-bond donors (Lipinski definition) is 1. The number of nitrogens with zero attached hydrogens (tertiary/aromatic N) is 2. The number of nitrogens with one attached hydrogen (secondary N) is 1. The van der Waals surface area contributed by atoms with Crippen molar-refractivity contribution in [2.45, 2.75) is 6.92 Å². The minimum atomic E-state index is -0.211. The predicted octanol–water partition coefficient (Wildman–Crippen LogP) is 5.01. The van der Waals surface area contributed by atoms with Crippen LogP contribution in [0.5, 0.6) is 5.75 Å². The summed E-state index contributed by atoms with van der Waals surface area (Å²) in [5.74, 6) is 0.601. The average molecular weight is 470 g/mol. The van der Waals surface area contributed by atoms with Crippen LogP contribution in [0.25, 0.3) is 0 Å². The van der Waals surface area contributed by atoms with E-state index in [1.807, 2.05) is 41.5 Å². The van der Waals surface area contributed by atoms with Crippen LogP contribution in [0.1, 0.15) is 27.0 Å². The fourth-order valence-electron chi connectivity index (χ4n) is 3.62. The first-order valence-corrected chi connectivity index (χ1v) is 11.7. The van der Waals surface area contributed by atoms with Crippen molar-refractivity contribution in [2.24, 2.45) is 0 Å². The molecule has 0 bridgehead atoms. The minimum absolute atomic E-state index is 0.0816. The van der Waals surface area contributed by atoms with Crippen molar-refractivity contribution in [3.63, 3.8) is 0 Å². The lowest BCUT2D eigenvalue weighted by Crippen LogP contribution is -2.48. The van der Waals surface area contributed by atoms with E-state index in [0.717, 1.165) is 16.3 Å². The molecule has 0 aliphatic carbocycles. The van der Waals surface area contributed by atoms with Gasteiger partial charge >= 0.3 is 0 Å². The standard InChI is InChI=1S/C24H24ClN3O3S/c1-2-31-19-8-5-17(6-9-19)23(29)26-18-7-10-21(20(25)16-18)27-11-13-28(14-12-27)24(30)22-4-3-15-32-22/h3-10,15-16H,2,11-14H2,1H3,(H,26,29). The van der Waals surface area contributed by atoms with Crippen molar-refractivity contribution in [1.82, 2.24) is 4.90 Å². The molecule has 1 aromatic heterocycles. The molecule has 0 unspecified atom stereocenters. The number of piperazine rings is 1. The highest BCUT2D eigenvalue weighted by molar-refractivity contribution is 7.12. The SMILES string of the molecule is CCOc1ccc(C(=O)Nc2ccc(N3CCN(C(=O)c4cccs4)CC3)c(Cl)c2)cc1. The van der Waals surface area contributed by atoms with E-state index in [9.17, 15) is 9.59 Å². The van der Waals surface area contributed by atoms with Gasteiger partial charge in [0, 0.05) is 37.4 Å². The van der Waals surface area contributed by atoms with Gasteiger partial charge in [0.25, 0.3) is 11.8 Å². The molecule has 4 rings (SSSR count). The van der Waals surface area contributed by atoms with Gasteiger partial charge in [-0.1, -0.05) is 17.7 Å². The Balaban J connectivity index is 1.36. The molecule has 1 aliphatic heterocycles. The second kappa shape index (κ2) is 10.1. The van der Waals surface area contributed by atoms with Crippen molar-refractivity contribution >= 4 is 46.1 Å². The quantitative estimate of drug-likeness (QED) is 0.551. The van der Waals surface area contributed by atoms with E-state index in [0.29, 0.717) is 49.1 Å². The molecule has 0 atom stereocenters. The molecule has 0 radical (unpaired) electrons. The summed E-state index contributed by atoms with van der Waals surface area (Å²) in [6.45, 7) is 5.19. The zero-order valence-corrected chi connectivity index (χ0v) is 19.3. The third-order valence-corrected chi connectivity index (χ3v) is 6.43. The number of benzene rings is 2. The van der Waals surface area contributed by atoms with Crippen LogP contribution in [-0.4, -0.2) is 49.5 Å². The van der Waals surface area contributed by atoms with Crippen LogP contribution < -0.4 is 15.0 Å². The summed E-state index contributed by atoms with van der Waals surface area (Å²) in [6.07, 6.45) is 0. The third kappa shape index (κ3) is 5.06. The van der Waals surface area contributed by atoms with Crippen molar-refractivity contribution in [1.29, 1.82) is 0 Å². The monoisotopic (exact) mass is 469 g/mol. The van der Waals surface area contributed by atoms with E-state index in [1.54, 1.807) is 30.3 Å². The molecule has 166 valence electrons. The minimum Gasteiger partial charge on any atom is -0.494 e. The number of amides is 2. The first-order chi connectivity index (χ1) is 15.5. The van der Waals surface area contributed by atoms with Crippen LogP contribution in [0, 0.1) is 0 Å². The zero-order valence-electron chi connectivity index (χ0n) is 17.7. The van der Waals surface area contributed by atoms with Crippen LogP contribution in [0.4, 0.5) is 11.4 Å². The van der Waals surface area contributed by atoms with E-state index < -0.39 is 0 Å². The summed E-state index contributed by atoms with van der Waals surface area (Å²) in [4.78, 5) is 29.9. The molecule has 0 spiro atoms. The number of hydrogen-bond acceptors (Lipinski definition) is 5. The van der Waals surface area contributed by atoms with Gasteiger partial charge in [0.2, 0.25) is 0 Å².